The van der Waals surface area contributed by atoms with Crippen LogP contribution in [0.15, 0.2) is 28.8 Å². The lowest BCUT2D eigenvalue weighted by Gasteiger charge is -2.05. The standard InChI is InChI=1S/C15H15N3O/c1-2-5-13(16)15-17-14(18-19-15)12-9-8-10-6-3-4-7-11(10)12/h1,3-4,6-7,12-13H,5,8-9,16H2. The first-order valence-electron chi connectivity index (χ1n) is 6.40. The molecule has 2 atom stereocenters. The van der Waals surface area contributed by atoms with E-state index < -0.39 is 0 Å². The van der Waals surface area contributed by atoms with E-state index in [4.69, 9.17) is 16.7 Å². The van der Waals surface area contributed by atoms with Gasteiger partial charge < -0.3 is 10.3 Å². The number of aromatic nitrogens is 2. The Morgan fingerprint density at radius 3 is 3.16 bits per heavy atom. The van der Waals surface area contributed by atoms with Crippen LogP contribution in [0.4, 0.5) is 0 Å². The molecule has 1 heterocycles. The fourth-order valence-corrected chi connectivity index (χ4v) is 2.58. The molecule has 1 aliphatic carbocycles. The molecule has 2 N–H and O–H groups in total. The van der Waals surface area contributed by atoms with Crippen molar-refractivity contribution in [3.8, 4) is 12.3 Å². The first-order chi connectivity index (χ1) is 9.29. The molecule has 19 heavy (non-hydrogen) atoms. The zero-order valence-corrected chi connectivity index (χ0v) is 10.5. The minimum absolute atomic E-state index is 0.215. The summed E-state index contributed by atoms with van der Waals surface area (Å²) in [6.07, 6.45) is 7.72. The summed E-state index contributed by atoms with van der Waals surface area (Å²) in [5.74, 6) is 3.87. The quantitative estimate of drug-likeness (QED) is 0.851. The molecular weight excluding hydrogens is 238 g/mol. The molecule has 2 unspecified atom stereocenters. The van der Waals surface area contributed by atoms with Crippen molar-refractivity contribution in [2.75, 3.05) is 0 Å². The van der Waals surface area contributed by atoms with Crippen LogP contribution in [0, 0.1) is 12.3 Å². The lowest BCUT2D eigenvalue weighted by Crippen LogP contribution is -2.10. The fraction of sp³-hybridized carbons (Fsp3) is 0.333. The largest absolute Gasteiger partial charge is 0.338 e. The van der Waals surface area contributed by atoms with Gasteiger partial charge in [-0.2, -0.15) is 4.98 Å². The van der Waals surface area contributed by atoms with Crippen LogP contribution >= 0.6 is 0 Å². The number of benzene rings is 1. The van der Waals surface area contributed by atoms with Crippen LogP contribution in [0.3, 0.4) is 0 Å². The molecule has 1 aromatic heterocycles. The third-order valence-corrected chi connectivity index (χ3v) is 3.56. The summed E-state index contributed by atoms with van der Waals surface area (Å²) in [5.41, 5.74) is 8.53. The number of nitrogens with zero attached hydrogens (tertiary/aromatic N) is 2. The SMILES string of the molecule is C#CCC(N)c1nc(C2CCc3ccccc32)no1. The smallest absolute Gasteiger partial charge is 0.244 e. The molecule has 0 amide bonds. The van der Waals surface area contributed by atoms with Crippen LogP contribution in [0.1, 0.15) is 47.6 Å². The van der Waals surface area contributed by atoms with Gasteiger partial charge in [0.1, 0.15) is 0 Å². The number of aryl methyl sites for hydroxylation is 1. The molecule has 96 valence electrons. The van der Waals surface area contributed by atoms with Crippen molar-refractivity contribution < 1.29 is 4.52 Å². The Balaban J connectivity index is 1.87. The predicted molar refractivity (Wildman–Crippen MR) is 71.3 cm³/mol. The number of hydrogen-bond acceptors (Lipinski definition) is 4. The van der Waals surface area contributed by atoms with Crippen LogP contribution in [0.2, 0.25) is 0 Å². The Bertz CT molecular complexity index is 626. The van der Waals surface area contributed by atoms with E-state index in [0.29, 0.717) is 18.1 Å². The molecular formula is C15H15N3O. The minimum atomic E-state index is -0.372. The lowest BCUT2D eigenvalue weighted by atomic mass is 10.0. The highest BCUT2D eigenvalue weighted by molar-refractivity contribution is 5.38. The number of fused-ring (bicyclic) bond motifs is 1. The van der Waals surface area contributed by atoms with Crippen molar-refractivity contribution in [2.45, 2.75) is 31.2 Å². The Morgan fingerprint density at radius 2 is 2.32 bits per heavy atom. The zero-order chi connectivity index (χ0) is 13.2. The van der Waals surface area contributed by atoms with E-state index in [2.05, 4.69) is 34.3 Å². The predicted octanol–water partition coefficient (Wildman–Crippen LogP) is 2.17. The number of hydrogen-bond donors (Lipinski definition) is 1. The van der Waals surface area contributed by atoms with Gasteiger partial charge >= 0.3 is 0 Å². The van der Waals surface area contributed by atoms with Crippen molar-refractivity contribution in [1.82, 2.24) is 10.1 Å². The van der Waals surface area contributed by atoms with E-state index in [9.17, 15) is 0 Å². The molecule has 4 nitrogen and oxygen atoms in total. The maximum absolute atomic E-state index is 5.87. The Kier molecular flexibility index (Phi) is 3.06. The summed E-state index contributed by atoms with van der Waals surface area (Å²) >= 11 is 0. The van der Waals surface area contributed by atoms with Gasteiger partial charge in [-0.25, -0.2) is 0 Å². The number of rotatable bonds is 3. The van der Waals surface area contributed by atoms with E-state index in [1.165, 1.54) is 11.1 Å². The van der Waals surface area contributed by atoms with Gasteiger partial charge in [0.15, 0.2) is 5.82 Å². The van der Waals surface area contributed by atoms with Crippen molar-refractivity contribution in [3.63, 3.8) is 0 Å². The molecule has 0 aliphatic heterocycles. The van der Waals surface area contributed by atoms with E-state index in [-0.39, 0.29) is 12.0 Å². The first kappa shape index (κ1) is 11.9. The molecule has 1 aromatic carbocycles. The number of nitrogens with two attached hydrogens (primary N) is 1. The average molecular weight is 253 g/mol. The Labute approximate surface area is 112 Å². The highest BCUT2D eigenvalue weighted by Crippen LogP contribution is 2.36. The highest BCUT2D eigenvalue weighted by Gasteiger charge is 2.28. The van der Waals surface area contributed by atoms with Crippen LogP contribution in [0.25, 0.3) is 0 Å². The van der Waals surface area contributed by atoms with Crippen molar-refractivity contribution in [3.05, 3.63) is 47.1 Å². The van der Waals surface area contributed by atoms with Crippen molar-refractivity contribution in [2.24, 2.45) is 5.73 Å². The summed E-state index contributed by atoms with van der Waals surface area (Å²) in [6.45, 7) is 0. The molecule has 0 spiro atoms. The van der Waals surface area contributed by atoms with Gasteiger partial charge in [0, 0.05) is 12.3 Å². The van der Waals surface area contributed by atoms with Gasteiger partial charge in [-0.15, -0.1) is 12.3 Å². The van der Waals surface area contributed by atoms with Crippen LogP contribution in [-0.4, -0.2) is 10.1 Å². The maximum Gasteiger partial charge on any atom is 0.244 e. The molecule has 2 aromatic rings. The van der Waals surface area contributed by atoms with E-state index >= 15 is 0 Å². The first-order valence-corrected chi connectivity index (χ1v) is 6.40. The molecule has 3 rings (SSSR count). The van der Waals surface area contributed by atoms with E-state index in [0.717, 1.165) is 12.8 Å². The van der Waals surface area contributed by atoms with Crippen molar-refractivity contribution in [1.29, 1.82) is 0 Å². The van der Waals surface area contributed by atoms with Crippen molar-refractivity contribution >= 4 is 0 Å². The van der Waals surface area contributed by atoms with Gasteiger partial charge in [-0.05, 0) is 24.0 Å². The third-order valence-electron chi connectivity index (χ3n) is 3.56. The number of terminal acetylenes is 1. The van der Waals surface area contributed by atoms with Crippen LogP contribution in [0.5, 0.6) is 0 Å². The summed E-state index contributed by atoms with van der Waals surface area (Å²) in [4.78, 5) is 4.41. The second-order valence-electron chi connectivity index (χ2n) is 4.80. The zero-order valence-electron chi connectivity index (χ0n) is 10.5. The van der Waals surface area contributed by atoms with Crippen LogP contribution in [-0.2, 0) is 6.42 Å². The molecule has 0 saturated carbocycles. The van der Waals surface area contributed by atoms with Gasteiger partial charge in [0.2, 0.25) is 5.89 Å². The normalized spacial score (nSPS) is 18.8. The molecule has 0 bridgehead atoms. The summed E-state index contributed by atoms with van der Waals surface area (Å²) in [7, 11) is 0. The molecule has 0 radical (unpaired) electrons. The monoisotopic (exact) mass is 253 g/mol. The Morgan fingerprint density at radius 1 is 1.47 bits per heavy atom. The maximum atomic E-state index is 5.87. The molecule has 4 heteroatoms. The molecule has 1 aliphatic rings. The molecule has 0 fully saturated rings. The average Bonchev–Trinajstić information content (AvgIpc) is 3.05. The molecule has 0 saturated heterocycles. The second-order valence-corrected chi connectivity index (χ2v) is 4.80. The summed E-state index contributed by atoms with van der Waals surface area (Å²) < 4.78 is 5.22. The lowest BCUT2D eigenvalue weighted by molar-refractivity contribution is 0.351. The minimum Gasteiger partial charge on any atom is -0.338 e. The second kappa shape index (κ2) is 4.87. The third kappa shape index (κ3) is 2.13. The van der Waals surface area contributed by atoms with E-state index in [1.54, 1.807) is 0 Å². The Hall–Kier alpha value is -2.12. The highest BCUT2D eigenvalue weighted by atomic mass is 16.5. The summed E-state index contributed by atoms with van der Waals surface area (Å²) in [6, 6.07) is 8.02. The fourth-order valence-electron chi connectivity index (χ4n) is 2.58. The van der Waals surface area contributed by atoms with Gasteiger partial charge in [-0.1, -0.05) is 29.4 Å². The van der Waals surface area contributed by atoms with Crippen LogP contribution < -0.4 is 5.73 Å². The van der Waals surface area contributed by atoms with Gasteiger partial charge in [0.25, 0.3) is 0 Å². The topological polar surface area (TPSA) is 64.9 Å². The summed E-state index contributed by atoms with van der Waals surface area (Å²) in [5, 5.41) is 4.07. The van der Waals surface area contributed by atoms with E-state index in [1.807, 2.05) is 6.07 Å². The van der Waals surface area contributed by atoms with Gasteiger partial charge in [0.05, 0.1) is 6.04 Å². The van der Waals surface area contributed by atoms with Gasteiger partial charge in [-0.3, -0.25) is 0 Å².